The van der Waals surface area contributed by atoms with Gasteiger partial charge in [0.25, 0.3) is 0 Å². The van der Waals surface area contributed by atoms with Crippen LogP contribution in [-0.2, 0) is 5.41 Å². The van der Waals surface area contributed by atoms with Gasteiger partial charge in [-0.3, -0.25) is 10.1 Å². The molecule has 0 aliphatic heterocycles. The Kier molecular flexibility index (Phi) is 6.05. The number of benzene rings is 2. The Morgan fingerprint density at radius 1 is 1.03 bits per heavy atom. The summed E-state index contributed by atoms with van der Waals surface area (Å²) < 4.78 is 1.55. The molecular formula is C21H21Cl2N5O2. The smallest absolute Gasteiger partial charge is 0.324 e. The first kappa shape index (κ1) is 21.7. The molecular weight excluding hydrogens is 425 g/mol. The van der Waals surface area contributed by atoms with Gasteiger partial charge in [-0.2, -0.15) is 5.10 Å². The Morgan fingerprint density at radius 2 is 1.73 bits per heavy atom. The number of primary amides is 1. The first-order valence-electron chi connectivity index (χ1n) is 9.09. The second kappa shape index (κ2) is 8.38. The van der Waals surface area contributed by atoms with Crippen LogP contribution in [0.3, 0.4) is 0 Å². The van der Waals surface area contributed by atoms with E-state index in [1.165, 1.54) is 0 Å². The molecule has 0 unspecified atom stereocenters. The van der Waals surface area contributed by atoms with Crippen LogP contribution in [-0.4, -0.2) is 21.7 Å². The first-order valence-corrected chi connectivity index (χ1v) is 9.84. The predicted octanol–water partition coefficient (Wildman–Crippen LogP) is 5.22. The van der Waals surface area contributed by atoms with Gasteiger partial charge in [-0.05, 0) is 30.3 Å². The number of carbonyl (C=O) groups excluding carboxylic acids is 2. The van der Waals surface area contributed by atoms with Crippen molar-refractivity contribution in [2.45, 2.75) is 26.2 Å². The predicted molar refractivity (Wildman–Crippen MR) is 120 cm³/mol. The quantitative estimate of drug-likeness (QED) is 0.512. The van der Waals surface area contributed by atoms with Crippen molar-refractivity contribution >= 4 is 46.6 Å². The molecule has 0 bridgehead atoms. The van der Waals surface area contributed by atoms with Crippen LogP contribution in [0.15, 0.2) is 48.5 Å². The van der Waals surface area contributed by atoms with Gasteiger partial charge in [0, 0.05) is 17.0 Å². The van der Waals surface area contributed by atoms with Gasteiger partial charge in [0.05, 0.1) is 27.1 Å². The van der Waals surface area contributed by atoms with Crippen LogP contribution >= 0.6 is 23.2 Å². The van der Waals surface area contributed by atoms with Crippen LogP contribution in [0.2, 0.25) is 10.0 Å². The number of nitrogens with zero attached hydrogens (tertiary/aromatic N) is 2. The van der Waals surface area contributed by atoms with Crippen LogP contribution < -0.4 is 16.4 Å². The Balaban J connectivity index is 1.96. The van der Waals surface area contributed by atoms with Crippen molar-refractivity contribution in [2.24, 2.45) is 5.73 Å². The van der Waals surface area contributed by atoms with Crippen molar-refractivity contribution in [1.29, 1.82) is 0 Å². The van der Waals surface area contributed by atoms with Gasteiger partial charge in [0.1, 0.15) is 5.82 Å². The van der Waals surface area contributed by atoms with Crippen LogP contribution in [0.1, 0.15) is 36.8 Å². The summed E-state index contributed by atoms with van der Waals surface area (Å²) in [6.07, 6.45) is 0. The van der Waals surface area contributed by atoms with Gasteiger partial charge < -0.3 is 11.1 Å². The zero-order chi connectivity index (χ0) is 22.1. The molecule has 3 rings (SSSR count). The van der Waals surface area contributed by atoms with Crippen LogP contribution in [0.4, 0.5) is 16.3 Å². The third-order valence-electron chi connectivity index (χ3n) is 4.29. The largest absolute Gasteiger partial charge is 0.366 e. The van der Waals surface area contributed by atoms with Gasteiger partial charge in [0.2, 0.25) is 5.91 Å². The van der Waals surface area contributed by atoms with Gasteiger partial charge in [-0.1, -0.05) is 56.1 Å². The van der Waals surface area contributed by atoms with E-state index >= 15 is 0 Å². The van der Waals surface area contributed by atoms with Gasteiger partial charge >= 0.3 is 6.03 Å². The summed E-state index contributed by atoms with van der Waals surface area (Å²) in [5.74, 6) is -0.139. The van der Waals surface area contributed by atoms with E-state index in [-0.39, 0.29) is 10.4 Å². The average molecular weight is 446 g/mol. The highest BCUT2D eigenvalue weighted by Gasteiger charge is 2.22. The maximum Gasteiger partial charge on any atom is 0.324 e. The third-order valence-corrected chi connectivity index (χ3v) is 5.11. The van der Waals surface area contributed by atoms with E-state index < -0.39 is 11.9 Å². The van der Waals surface area contributed by atoms with Crippen LogP contribution in [0, 0.1) is 0 Å². The number of aromatic nitrogens is 2. The second-order valence-electron chi connectivity index (χ2n) is 7.67. The topological polar surface area (TPSA) is 102 Å². The summed E-state index contributed by atoms with van der Waals surface area (Å²) >= 11 is 12.1. The van der Waals surface area contributed by atoms with E-state index in [0.717, 1.165) is 5.69 Å². The molecule has 4 N–H and O–H groups in total. The molecule has 156 valence electrons. The molecule has 9 heteroatoms. The van der Waals surface area contributed by atoms with E-state index in [1.54, 1.807) is 53.2 Å². The fraction of sp³-hybridized carbons (Fsp3) is 0.190. The number of nitrogens with one attached hydrogen (secondary N) is 2. The fourth-order valence-electron chi connectivity index (χ4n) is 2.69. The number of rotatable bonds is 4. The number of urea groups is 1. The van der Waals surface area contributed by atoms with E-state index in [0.29, 0.717) is 27.8 Å². The molecule has 0 atom stereocenters. The maximum atomic E-state index is 12.6. The van der Waals surface area contributed by atoms with Gasteiger partial charge in [-0.15, -0.1) is 0 Å². The number of halogens is 2. The zero-order valence-corrected chi connectivity index (χ0v) is 18.2. The van der Waals surface area contributed by atoms with E-state index in [2.05, 4.69) is 15.7 Å². The molecule has 0 saturated heterocycles. The molecule has 3 aromatic rings. The highest BCUT2D eigenvalue weighted by Crippen LogP contribution is 2.30. The van der Waals surface area contributed by atoms with Crippen molar-refractivity contribution in [1.82, 2.24) is 9.78 Å². The number of anilines is 2. The Labute approximate surface area is 184 Å². The summed E-state index contributed by atoms with van der Waals surface area (Å²) in [6, 6.07) is 12.9. The summed E-state index contributed by atoms with van der Waals surface area (Å²) in [5, 5.41) is 10.6. The van der Waals surface area contributed by atoms with E-state index in [1.807, 2.05) is 20.8 Å². The number of carbonyl (C=O) groups is 2. The second-order valence-corrected chi connectivity index (χ2v) is 8.46. The number of hydrogen-bond acceptors (Lipinski definition) is 3. The number of hydrogen-bond donors (Lipinski definition) is 3. The van der Waals surface area contributed by atoms with Gasteiger partial charge in [0.15, 0.2) is 0 Å². The van der Waals surface area contributed by atoms with E-state index in [4.69, 9.17) is 28.9 Å². The SMILES string of the molecule is CC(C)(C)c1cc(NC(=O)Nc2cccc(Cl)c2Cl)n(-c2cccc(C(N)=O)c2)n1. The van der Waals surface area contributed by atoms with Crippen molar-refractivity contribution in [3.8, 4) is 5.69 Å². The summed E-state index contributed by atoms with van der Waals surface area (Å²) in [6.45, 7) is 6.03. The number of amides is 3. The van der Waals surface area contributed by atoms with Crippen molar-refractivity contribution < 1.29 is 9.59 Å². The lowest BCUT2D eigenvalue weighted by atomic mass is 9.92. The molecule has 0 saturated carbocycles. The molecule has 30 heavy (non-hydrogen) atoms. The fourth-order valence-corrected chi connectivity index (χ4v) is 3.04. The molecule has 0 radical (unpaired) electrons. The minimum Gasteiger partial charge on any atom is -0.366 e. The summed E-state index contributed by atoms with van der Waals surface area (Å²) in [5.41, 5.74) is 7.17. The van der Waals surface area contributed by atoms with Crippen LogP contribution in [0.25, 0.3) is 5.69 Å². The molecule has 0 aliphatic rings. The minimum atomic E-state index is -0.553. The number of nitrogens with two attached hydrogens (primary N) is 1. The molecule has 0 spiro atoms. The lowest BCUT2D eigenvalue weighted by Gasteiger charge is -2.14. The lowest BCUT2D eigenvalue weighted by molar-refractivity contribution is 0.1000. The van der Waals surface area contributed by atoms with Gasteiger partial charge in [-0.25, -0.2) is 9.48 Å². The summed E-state index contributed by atoms with van der Waals surface area (Å²) in [7, 11) is 0. The third kappa shape index (κ3) is 4.75. The monoisotopic (exact) mass is 445 g/mol. The highest BCUT2D eigenvalue weighted by atomic mass is 35.5. The molecule has 0 fully saturated rings. The molecule has 2 aromatic carbocycles. The normalized spacial score (nSPS) is 11.2. The average Bonchev–Trinajstić information content (AvgIpc) is 3.09. The Bertz CT molecular complexity index is 1120. The van der Waals surface area contributed by atoms with Crippen molar-refractivity contribution in [3.63, 3.8) is 0 Å². The van der Waals surface area contributed by atoms with Crippen molar-refractivity contribution in [2.75, 3.05) is 10.6 Å². The van der Waals surface area contributed by atoms with Crippen LogP contribution in [0.5, 0.6) is 0 Å². The molecule has 1 aromatic heterocycles. The van der Waals surface area contributed by atoms with Crippen molar-refractivity contribution in [3.05, 3.63) is 69.8 Å². The maximum absolute atomic E-state index is 12.6. The van der Waals surface area contributed by atoms with E-state index in [9.17, 15) is 9.59 Å². The molecule has 7 nitrogen and oxygen atoms in total. The first-order chi connectivity index (χ1) is 14.1. The summed E-state index contributed by atoms with van der Waals surface area (Å²) in [4.78, 5) is 24.2. The Hall–Kier alpha value is -3.03. The Morgan fingerprint density at radius 3 is 2.40 bits per heavy atom. The molecule has 1 heterocycles. The standard InChI is InChI=1S/C21H21Cl2N5O2/c1-21(2,3)16-11-17(26-20(30)25-15-9-5-8-14(22)18(15)23)28(27-16)13-7-4-6-12(10-13)19(24)29/h4-11H,1-3H3,(H2,24,29)(H2,25,26,30). The molecule has 3 amide bonds. The molecule has 0 aliphatic carbocycles. The zero-order valence-electron chi connectivity index (χ0n) is 16.7. The highest BCUT2D eigenvalue weighted by molar-refractivity contribution is 6.44. The minimum absolute atomic E-state index is 0.243. The lowest BCUT2D eigenvalue weighted by Crippen LogP contribution is -2.21.